The molecular weight excluding hydrogens is 160 g/mol. The number of para-hydroxylation sites is 1. The number of phenolic OH excluding ortho intramolecular Hbond substituents is 2. The lowest BCUT2D eigenvalue weighted by Crippen LogP contribution is -2.19. The maximum Gasteiger partial charge on any atom is 0.190 e. The van der Waals surface area contributed by atoms with E-state index in [2.05, 4.69) is 0 Å². The molecule has 0 amide bonds. The molecule has 0 aliphatic carbocycles. The van der Waals surface area contributed by atoms with E-state index >= 15 is 0 Å². The Kier molecular flexibility index (Phi) is 1.95. The van der Waals surface area contributed by atoms with Gasteiger partial charge in [0.25, 0.3) is 0 Å². The van der Waals surface area contributed by atoms with Crippen molar-refractivity contribution >= 4 is 0 Å². The first-order valence-electron chi connectivity index (χ1n) is 3.39. The van der Waals surface area contributed by atoms with Crippen molar-refractivity contribution in [1.29, 1.82) is 0 Å². The van der Waals surface area contributed by atoms with Gasteiger partial charge in [-0.25, -0.2) is 0 Å². The second-order valence-electron chi connectivity index (χ2n) is 2.69. The van der Waals surface area contributed by atoms with Gasteiger partial charge in [-0.3, -0.25) is 0 Å². The Bertz CT molecular complexity index is 288. The standard InChI is InChI=1S/C8H10O4/c1-8(11,12)5-3-2-4-6(9)7(5)10/h2-4,9-12H,1H3. The highest BCUT2D eigenvalue weighted by molar-refractivity contribution is 5.45. The third kappa shape index (κ3) is 1.49. The number of hydrogen-bond donors (Lipinski definition) is 4. The topological polar surface area (TPSA) is 80.9 Å². The second-order valence-corrected chi connectivity index (χ2v) is 2.69. The van der Waals surface area contributed by atoms with Gasteiger partial charge >= 0.3 is 0 Å². The van der Waals surface area contributed by atoms with Crippen LogP contribution in [0.4, 0.5) is 0 Å². The molecule has 0 saturated heterocycles. The zero-order valence-corrected chi connectivity index (χ0v) is 6.52. The van der Waals surface area contributed by atoms with Gasteiger partial charge in [-0.2, -0.15) is 0 Å². The average Bonchev–Trinajstić information content (AvgIpc) is 1.92. The number of aromatic hydroxyl groups is 2. The molecule has 12 heavy (non-hydrogen) atoms. The van der Waals surface area contributed by atoms with Crippen LogP contribution in [0.1, 0.15) is 12.5 Å². The lowest BCUT2D eigenvalue weighted by molar-refractivity contribution is -0.153. The number of phenols is 2. The fraction of sp³-hybridized carbons (Fsp3) is 0.250. The summed E-state index contributed by atoms with van der Waals surface area (Å²) in [6.07, 6.45) is 0. The minimum Gasteiger partial charge on any atom is -0.504 e. The molecule has 0 bridgehead atoms. The van der Waals surface area contributed by atoms with Crippen molar-refractivity contribution in [2.75, 3.05) is 0 Å². The van der Waals surface area contributed by atoms with Crippen molar-refractivity contribution in [2.24, 2.45) is 0 Å². The van der Waals surface area contributed by atoms with Gasteiger partial charge in [-0.15, -0.1) is 0 Å². The van der Waals surface area contributed by atoms with Gasteiger partial charge in [0, 0.05) is 0 Å². The summed E-state index contributed by atoms with van der Waals surface area (Å²) in [7, 11) is 0. The van der Waals surface area contributed by atoms with Gasteiger partial charge in [0.2, 0.25) is 0 Å². The lowest BCUT2D eigenvalue weighted by Gasteiger charge is -2.17. The molecule has 0 aromatic heterocycles. The van der Waals surface area contributed by atoms with Crippen LogP contribution in [0.25, 0.3) is 0 Å². The molecule has 4 heteroatoms. The first-order chi connectivity index (χ1) is 5.43. The fourth-order valence-electron chi connectivity index (χ4n) is 0.914. The van der Waals surface area contributed by atoms with Crippen LogP contribution in [0.3, 0.4) is 0 Å². The smallest absolute Gasteiger partial charge is 0.190 e. The number of benzene rings is 1. The summed E-state index contributed by atoms with van der Waals surface area (Å²) in [6, 6.07) is 3.98. The molecule has 0 spiro atoms. The SMILES string of the molecule is CC(O)(O)c1cccc(O)c1O. The summed E-state index contributed by atoms with van der Waals surface area (Å²) in [6.45, 7) is 1.10. The maximum atomic E-state index is 9.16. The third-order valence-electron chi connectivity index (χ3n) is 1.52. The minimum atomic E-state index is -2.14. The third-order valence-corrected chi connectivity index (χ3v) is 1.52. The Morgan fingerprint density at radius 1 is 1.17 bits per heavy atom. The summed E-state index contributed by atoms with van der Waals surface area (Å²) < 4.78 is 0. The van der Waals surface area contributed by atoms with Crippen molar-refractivity contribution < 1.29 is 20.4 Å². The number of rotatable bonds is 1. The molecule has 4 nitrogen and oxygen atoms in total. The quantitative estimate of drug-likeness (QED) is 0.360. The molecule has 0 radical (unpaired) electrons. The highest BCUT2D eigenvalue weighted by Gasteiger charge is 2.23. The first kappa shape index (κ1) is 8.83. The molecule has 1 rings (SSSR count). The maximum absolute atomic E-state index is 9.16. The fourth-order valence-corrected chi connectivity index (χ4v) is 0.914. The Hall–Kier alpha value is -1.26. The van der Waals surface area contributed by atoms with Crippen molar-refractivity contribution in [3.05, 3.63) is 23.8 Å². The van der Waals surface area contributed by atoms with Gasteiger partial charge in [-0.1, -0.05) is 6.07 Å². The minimum absolute atomic E-state index is 0.123. The Balaban J connectivity index is 3.26. The van der Waals surface area contributed by atoms with E-state index in [1.54, 1.807) is 0 Å². The van der Waals surface area contributed by atoms with E-state index in [1.807, 2.05) is 0 Å². The summed E-state index contributed by atoms with van der Waals surface area (Å²) >= 11 is 0. The first-order valence-corrected chi connectivity index (χ1v) is 3.39. The van der Waals surface area contributed by atoms with E-state index in [4.69, 9.17) is 20.4 Å². The summed E-state index contributed by atoms with van der Waals surface area (Å²) in [4.78, 5) is 0. The highest BCUT2D eigenvalue weighted by Crippen LogP contribution is 2.33. The molecule has 0 unspecified atom stereocenters. The van der Waals surface area contributed by atoms with E-state index in [1.165, 1.54) is 18.2 Å². The van der Waals surface area contributed by atoms with Crippen LogP contribution < -0.4 is 0 Å². The second kappa shape index (κ2) is 2.66. The van der Waals surface area contributed by atoms with Crippen LogP contribution >= 0.6 is 0 Å². The summed E-state index contributed by atoms with van der Waals surface area (Å²) in [5.41, 5.74) is -0.123. The van der Waals surface area contributed by atoms with Crippen LogP contribution in [0, 0.1) is 0 Å². The van der Waals surface area contributed by atoms with Crippen molar-refractivity contribution in [1.82, 2.24) is 0 Å². The van der Waals surface area contributed by atoms with E-state index in [9.17, 15) is 0 Å². The van der Waals surface area contributed by atoms with Crippen LogP contribution in [0.5, 0.6) is 11.5 Å². The molecule has 0 fully saturated rings. The molecule has 4 N–H and O–H groups in total. The van der Waals surface area contributed by atoms with E-state index in [0.717, 1.165) is 6.92 Å². The predicted molar refractivity (Wildman–Crippen MR) is 41.6 cm³/mol. The molecule has 1 aromatic carbocycles. The van der Waals surface area contributed by atoms with E-state index in [-0.39, 0.29) is 11.3 Å². The number of hydrogen-bond acceptors (Lipinski definition) is 4. The normalized spacial score (nSPS) is 11.6. The average molecular weight is 170 g/mol. The molecule has 0 aliphatic rings. The Morgan fingerprint density at radius 3 is 2.17 bits per heavy atom. The van der Waals surface area contributed by atoms with Crippen molar-refractivity contribution in [2.45, 2.75) is 12.7 Å². The predicted octanol–water partition coefficient (Wildman–Crippen LogP) is 0.255. The van der Waals surface area contributed by atoms with Crippen molar-refractivity contribution in [3.8, 4) is 11.5 Å². The Labute approximate surface area is 69.3 Å². The van der Waals surface area contributed by atoms with Gasteiger partial charge in [0.05, 0.1) is 5.56 Å². The molecule has 0 aliphatic heterocycles. The Morgan fingerprint density at radius 2 is 1.75 bits per heavy atom. The van der Waals surface area contributed by atoms with Crippen LogP contribution in [-0.2, 0) is 5.79 Å². The van der Waals surface area contributed by atoms with E-state index < -0.39 is 11.5 Å². The van der Waals surface area contributed by atoms with Gasteiger partial charge in [0.15, 0.2) is 17.3 Å². The summed E-state index contributed by atoms with van der Waals surface area (Å²) in [5, 5.41) is 36.3. The largest absolute Gasteiger partial charge is 0.504 e. The molecule has 1 aromatic rings. The molecular formula is C8H10O4. The zero-order valence-electron chi connectivity index (χ0n) is 6.52. The van der Waals surface area contributed by atoms with Crippen LogP contribution in [0.15, 0.2) is 18.2 Å². The zero-order chi connectivity index (χ0) is 9.35. The van der Waals surface area contributed by atoms with Crippen LogP contribution in [-0.4, -0.2) is 20.4 Å². The van der Waals surface area contributed by atoms with Gasteiger partial charge in [-0.05, 0) is 19.1 Å². The summed E-state index contributed by atoms with van der Waals surface area (Å²) in [5.74, 6) is -3.02. The molecule has 0 atom stereocenters. The van der Waals surface area contributed by atoms with Crippen molar-refractivity contribution in [3.63, 3.8) is 0 Å². The monoisotopic (exact) mass is 170 g/mol. The number of aliphatic hydroxyl groups is 2. The molecule has 0 saturated carbocycles. The van der Waals surface area contributed by atoms with Gasteiger partial charge in [0.1, 0.15) is 0 Å². The van der Waals surface area contributed by atoms with Gasteiger partial charge < -0.3 is 20.4 Å². The highest BCUT2D eigenvalue weighted by atomic mass is 16.5. The molecule has 66 valence electrons. The van der Waals surface area contributed by atoms with Crippen LogP contribution in [0.2, 0.25) is 0 Å². The van der Waals surface area contributed by atoms with E-state index in [0.29, 0.717) is 0 Å². The lowest BCUT2D eigenvalue weighted by atomic mass is 10.1. The molecule has 0 heterocycles.